The molecule has 0 saturated carbocycles. The Morgan fingerprint density at radius 3 is 2.67 bits per heavy atom. The molecule has 0 amide bonds. The van der Waals surface area contributed by atoms with Crippen LogP contribution in [0.4, 0.5) is 13.2 Å². The molecule has 2 unspecified atom stereocenters. The van der Waals surface area contributed by atoms with Gasteiger partial charge in [0.15, 0.2) is 0 Å². The van der Waals surface area contributed by atoms with Gasteiger partial charge >= 0.3 is 6.18 Å². The number of hydrogen-bond acceptors (Lipinski definition) is 3. The van der Waals surface area contributed by atoms with Crippen LogP contribution < -0.4 is 10.5 Å². The van der Waals surface area contributed by atoms with Crippen molar-refractivity contribution in [3.05, 3.63) is 29.3 Å². The molecule has 2 atom stereocenters. The first-order valence-corrected chi connectivity index (χ1v) is 6.97. The van der Waals surface area contributed by atoms with Crippen LogP contribution >= 0.6 is 12.2 Å². The van der Waals surface area contributed by atoms with Crippen molar-refractivity contribution in [2.24, 2.45) is 5.73 Å². The number of thiocarbonyl (C=S) groups is 1. The van der Waals surface area contributed by atoms with Crippen LogP contribution in [-0.2, 0) is 10.9 Å². The lowest BCUT2D eigenvalue weighted by molar-refractivity contribution is -0.139. The summed E-state index contributed by atoms with van der Waals surface area (Å²) in [5, 5.41) is 0. The fraction of sp³-hybridized carbons (Fsp3) is 0.500. The Labute approximate surface area is 126 Å². The van der Waals surface area contributed by atoms with Gasteiger partial charge in [-0.1, -0.05) is 12.2 Å². The van der Waals surface area contributed by atoms with E-state index in [9.17, 15) is 13.2 Å². The minimum Gasteiger partial charge on any atom is -0.490 e. The monoisotopic (exact) mass is 319 g/mol. The Balaban J connectivity index is 2.16. The zero-order chi connectivity index (χ0) is 15.6. The third-order valence-corrected chi connectivity index (χ3v) is 3.55. The summed E-state index contributed by atoms with van der Waals surface area (Å²) >= 11 is 4.70. The Morgan fingerprint density at radius 2 is 2.14 bits per heavy atom. The van der Waals surface area contributed by atoms with Gasteiger partial charge in [-0.25, -0.2) is 0 Å². The van der Waals surface area contributed by atoms with Crippen LogP contribution in [0.25, 0.3) is 0 Å². The van der Waals surface area contributed by atoms with Crippen LogP contribution in [0.15, 0.2) is 18.2 Å². The Morgan fingerprint density at radius 1 is 1.43 bits per heavy atom. The van der Waals surface area contributed by atoms with E-state index < -0.39 is 11.7 Å². The van der Waals surface area contributed by atoms with Crippen LogP contribution in [0, 0.1) is 0 Å². The van der Waals surface area contributed by atoms with E-state index in [2.05, 4.69) is 0 Å². The number of ether oxygens (including phenoxy) is 2. The minimum absolute atomic E-state index is 0.0833. The van der Waals surface area contributed by atoms with Gasteiger partial charge in [0.05, 0.1) is 17.8 Å². The van der Waals surface area contributed by atoms with Crippen molar-refractivity contribution in [3.8, 4) is 5.75 Å². The molecule has 0 spiro atoms. The zero-order valence-corrected chi connectivity index (χ0v) is 12.3. The molecule has 1 aromatic rings. The van der Waals surface area contributed by atoms with Gasteiger partial charge in [0.2, 0.25) is 0 Å². The number of rotatable bonds is 4. The lowest BCUT2D eigenvalue weighted by Crippen LogP contribution is -2.20. The number of benzene rings is 1. The second-order valence-corrected chi connectivity index (χ2v) is 5.47. The third-order valence-electron chi connectivity index (χ3n) is 3.31. The quantitative estimate of drug-likeness (QED) is 0.865. The molecule has 1 aliphatic rings. The average molecular weight is 319 g/mol. The van der Waals surface area contributed by atoms with Gasteiger partial charge in [0.25, 0.3) is 0 Å². The van der Waals surface area contributed by atoms with Crippen molar-refractivity contribution < 1.29 is 22.6 Å². The van der Waals surface area contributed by atoms with Gasteiger partial charge in [-0.15, -0.1) is 0 Å². The standard InChI is InChI=1S/C14H16F3NO2S/c1-8-2-4-10(20-8)7-19-12-5-3-9(13(18)21)6-11(12)14(15,16)17/h3,5-6,8,10H,2,4,7H2,1H3,(H2,18,21). The summed E-state index contributed by atoms with van der Waals surface area (Å²) < 4.78 is 50.0. The molecule has 1 saturated heterocycles. The molecule has 7 heteroatoms. The van der Waals surface area contributed by atoms with Gasteiger partial charge < -0.3 is 15.2 Å². The van der Waals surface area contributed by atoms with Crippen LogP contribution in [0.2, 0.25) is 0 Å². The van der Waals surface area contributed by atoms with E-state index in [0.717, 1.165) is 18.9 Å². The summed E-state index contributed by atoms with van der Waals surface area (Å²) in [6.45, 7) is 2.03. The van der Waals surface area contributed by atoms with Crippen molar-refractivity contribution in [1.29, 1.82) is 0 Å². The molecule has 1 heterocycles. The fourth-order valence-corrected chi connectivity index (χ4v) is 2.35. The predicted octanol–water partition coefficient (Wildman–Crippen LogP) is 3.29. The van der Waals surface area contributed by atoms with E-state index in [4.69, 9.17) is 27.4 Å². The third kappa shape index (κ3) is 4.07. The van der Waals surface area contributed by atoms with Crippen LogP contribution in [-0.4, -0.2) is 23.8 Å². The first-order chi connectivity index (χ1) is 9.77. The topological polar surface area (TPSA) is 44.5 Å². The summed E-state index contributed by atoms with van der Waals surface area (Å²) in [4.78, 5) is -0.0833. The smallest absolute Gasteiger partial charge is 0.419 e. The fourth-order valence-electron chi connectivity index (χ4n) is 2.22. The van der Waals surface area contributed by atoms with Crippen molar-refractivity contribution in [1.82, 2.24) is 0 Å². The maximum Gasteiger partial charge on any atom is 0.419 e. The SMILES string of the molecule is CC1CCC(COc2ccc(C(N)=S)cc2C(F)(F)F)O1. The molecule has 0 aliphatic carbocycles. The molecule has 1 aromatic carbocycles. The van der Waals surface area contributed by atoms with E-state index in [1.807, 2.05) is 6.92 Å². The van der Waals surface area contributed by atoms with Crippen molar-refractivity contribution in [3.63, 3.8) is 0 Å². The number of hydrogen-bond donors (Lipinski definition) is 1. The highest BCUT2D eigenvalue weighted by atomic mass is 32.1. The van der Waals surface area contributed by atoms with Gasteiger partial charge in [0, 0.05) is 5.56 Å². The lowest BCUT2D eigenvalue weighted by atomic mass is 10.1. The zero-order valence-electron chi connectivity index (χ0n) is 11.4. The summed E-state index contributed by atoms with van der Waals surface area (Å²) in [5.41, 5.74) is 4.65. The van der Waals surface area contributed by atoms with Crippen molar-refractivity contribution in [2.75, 3.05) is 6.61 Å². The first kappa shape index (κ1) is 16.0. The molecule has 1 aliphatic heterocycles. The van der Waals surface area contributed by atoms with Crippen molar-refractivity contribution in [2.45, 2.75) is 38.1 Å². The van der Waals surface area contributed by atoms with Gasteiger partial charge in [0.1, 0.15) is 17.3 Å². The molecule has 21 heavy (non-hydrogen) atoms. The van der Waals surface area contributed by atoms with Crippen LogP contribution in [0.1, 0.15) is 30.9 Å². The average Bonchev–Trinajstić information content (AvgIpc) is 2.81. The Hall–Kier alpha value is -1.34. The highest BCUT2D eigenvalue weighted by Gasteiger charge is 2.35. The second kappa shape index (κ2) is 6.19. The van der Waals surface area contributed by atoms with Crippen molar-refractivity contribution >= 4 is 17.2 Å². The minimum atomic E-state index is -4.53. The molecule has 2 N–H and O–H groups in total. The molecule has 0 aromatic heterocycles. The van der Waals surface area contributed by atoms with Gasteiger partial charge in [-0.05, 0) is 38.0 Å². The maximum atomic E-state index is 13.1. The number of alkyl halides is 3. The molecule has 1 fully saturated rings. The van der Waals surface area contributed by atoms with E-state index in [1.165, 1.54) is 12.1 Å². The molecular weight excluding hydrogens is 303 g/mol. The summed E-state index contributed by atoms with van der Waals surface area (Å²) in [6, 6.07) is 3.58. The van der Waals surface area contributed by atoms with E-state index in [0.29, 0.717) is 0 Å². The Bertz CT molecular complexity index is 533. The van der Waals surface area contributed by atoms with E-state index in [1.54, 1.807) is 0 Å². The first-order valence-electron chi connectivity index (χ1n) is 6.56. The van der Waals surface area contributed by atoms with Gasteiger partial charge in [-0.3, -0.25) is 0 Å². The molecule has 2 rings (SSSR count). The summed E-state index contributed by atoms with van der Waals surface area (Å²) in [6.07, 6.45) is -2.90. The summed E-state index contributed by atoms with van der Waals surface area (Å²) in [5.74, 6) is -0.231. The molecule has 116 valence electrons. The molecular formula is C14H16F3NO2S. The molecule has 0 radical (unpaired) electrons. The molecule has 3 nitrogen and oxygen atoms in total. The summed E-state index contributed by atoms with van der Waals surface area (Å²) in [7, 11) is 0. The largest absolute Gasteiger partial charge is 0.490 e. The Kier molecular flexibility index (Phi) is 4.73. The number of nitrogens with two attached hydrogens (primary N) is 1. The maximum absolute atomic E-state index is 13.1. The van der Waals surface area contributed by atoms with Gasteiger partial charge in [-0.2, -0.15) is 13.2 Å². The predicted molar refractivity (Wildman–Crippen MR) is 76.4 cm³/mol. The lowest BCUT2D eigenvalue weighted by Gasteiger charge is -2.17. The molecule has 0 bridgehead atoms. The van der Waals surface area contributed by atoms with E-state index in [-0.39, 0.29) is 35.1 Å². The second-order valence-electron chi connectivity index (χ2n) is 5.03. The van der Waals surface area contributed by atoms with Crippen LogP contribution in [0.5, 0.6) is 5.75 Å². The highest BCUT2D eigenvalue weighted by Crippen LogP contribution is 2.37. The van der Waals surface area contributed by atoms with E-state index >= 15 is 0 Å². The van der Waals surface area contributed by atoms with Crippen LogP contribution in [0.3, 0.4) is 0 Å². The normalized spacial score (nSPS) is 22.3. The highest BCUT2D eigenvalue weighted by molar-refractivity contribution is 7.80. The number of halogens is 3.